The van der Waals surface area contributed by atoms with Crippen LogP contribution in [0.15, 0.2) is 239 Å². The maximum Gasteiger partial charge on any atom is 0.227 e. The topological polar surface area (TPSA) is 77.8 Å². The van der Waals surface area contributed by atoms with Crippen LogP contribution in [0.2, 0.25) is 0 Å². The van der Waals surface area contributed by atoms with Crippen molar-refractivity contribution in [3.63, 3.8) is 0 Å². The first kappa shape index (κ1) is 38.7. The Hall–Kier alpha value is -9.00. The fraction of sp³-hybridized carbons (Fsp3) is 0. The summed E-state index contributed by atoms with van der Waals surface area (Å²) in [6.45, 7) is 0. The van der Waals surface area contributed by atoms with Gasteiger partial charge in [-0.25, -0.2) is 15.0 Å². The van der Waals surface area contributed by atoms with Crippen LogP contribution >= 0.6 is 0 Å². The number of nitrogens with zero attached hydrogens (tertiary/aromatic N) is 4. The molecule has 0 spiro atoms. The van der Waals surface area contributed by atoms with E-state index in [1.54, 1.807) is 6.20 Å². The van der Waals surface area contributed by atoms with E-state index in [2.05, 4.69) is 180 Å². The summed E-state index contributed by atoms with van der Waals surface area (Å²) in [5, 5.41) is 0. The van der Waals surface area contributed by atoms with Gasteiger partial charge < -0.3 is 8.83 Å². The number of benzene rings is 8. The molecule has 6 heteroatoms. The molecular weight excluding hydrogens is 809 g/mol. The smallest absolute Gasteiger partial charge is 0.227 e. The van der Waals surface area contributed by atoms with Crippen LogP contribution in [-0.2, 0) is 0 Å². The number of aromatic nitrogens is 4. The highest BCUT2D eigenvalue weighted by Crippen LogP contribution is 2.39. The Labute approximate surface area is 381 Å². The largest absolute Gasteiger partial charge is 0.436 e. The molecule has 6 nitrogen and oxygen atoms in total. The minimum atomic E-state index is 0.588. The van der Waals surface area contributed by atoms with Gasteiger partial charge in [-0.3, -0.25) is 4.98 Å². The zero-order chi connectivity index (χ0) is 43.8. The number of fused-ring (bicyclic) bond motifs is 2. The van der Waals surface area contributed by atoms with Crippen molar-refractivity contribution in [3.05, 3.63) is 231 Å². The molecule has 4 heterocycles. The number of rotatable bonds is 9. The predicted octanol–water partition coefficient (Wildman–Crippen LogP) is 15.8. The third-order valence-corrected chi connectivity index (χ3v) is 12.1. The van der Waals surface area contributed by atoms with Crippen molar-refractivity contribution in [3.8, 4) is 101 Å². The first-order chi connectivity index (χ1) is 32.7. The molecule has 0 amide bonds. The Morgan fingerprint density at radius 1 is 0.273 bits per heavy atom. The van der Waals surface area contributed by atoms with Gasteiger partial charge in [0.05, 0.1) is 17.1 Å². The van der Waals surface area contributed by atoms with E-state index >= 15 is 0 Å². The Morgan fingerprint density at radius 3 is 1.32 bits per heavy atom. The van der Waals surface area contributed by atoms with Crippen molar-refractivity contribution in [1.29, 1.82) is 0 Å². The van der Waals surface area contributed by atoms with Gasteiger partial charge in [0.15, 0.2) is 11.2 Å². The summed E-state index contributed by atoms with van der Waals surface area (Å²) in [6, 6.07) is 77.1. The normalized spacial score (nSPS) is 11.3. The summed E-state index contributed by atoms with van der Waals surface area (Å²) in [5.41, 5.74) is 19.6. The van der Waals surface area contributed by atoms with Crippen LogP contribution in [-0.4, -0.2) is 19.9 Å². The molecule has 0 radical (unpaired) electrons. The van der Waals surface area contributed by atoms with Crippen LogP contribution < -0.4 is 0 Å². The van der Waals surface area contributed by atoms with Gasteiger partial charge in [-0.15, -0.1) is 0 Å². The minimum absolute atomic E-state index is 0.588. The van der Waals surface area contributed by atoms with E-state index in [4.69, 9.17) is 18.8 Å². The second kappa shape index (κ2) is 16.6. The molecule has 0 bridgehead atoms. The van der Waals surface area contributed by atoms with Gasteiger partial charge in [-0.2, -0.15) is 0 Å². The van der Waals surface area contributed by atoms with Crippen LogP contribution in [0.1, 0.15) is 0 Å². The highest BCUT2D eigenvalue weighted by atomic mass is 16.4. The van der Waals surface area contributed by atoms with Gasteiger partial charge in [-0.1, -0.05) is 152 Å². The van der Waals surface area contributed by atoms with Crippen molar-refractivity contribution in [2.24, 2.45) is 0 Å². The average molecular weight is 847 g/mol. The van der Waals surface area contributed by atoms with Gasteiger partial charge in [0, 0.05) is 28.5 Å². The van der Waals surface area contributed by atoms with E-state index in [0.717, 1.165) is 112 Å². The van der Waals surface area contributed by atoms with Crippen LogP contribution in [0.25, 0.3) is 123 Å². The summed E-state index contributed by atoms with van der Waals surface area (Å²) in [5.74, 6) is 1.20. The molecule has 12 rings (SSSR count). The molecule has 0 saturated heterocycles. The van der Waals surface area contributed by atoms with E-state index in [1.165, 1.54) is 0 Å². The lowest BCUT2D eigenvalue weighted by molar-refractivity contribution is 0.619. The second-order valence-electron chi connectivity index (χ2n) is 16.2. The van der Waals surface area contributed by atoms with Crippen molar-refractivity contribution >= 4 is 22.2 Å². The standard InChI is InChI=1S/C60H38N4O2/c1-3-11-43(12-4-1)50-37-55-57(38-51(50)44-13-5-2-6-14-44)66-60(64-55)48-32-24-42(25-33-48)40-20-28-46(29-21-40)58-49(34-35-53(62-58)52-15-9-10-36-61-52)45-26-18-39(19-27-45)41-22-30-47(31-23-41)59-63-54-16-7-8-17-56(54)65-59/h1-38H. The lowest BCUT2D eigenvalue weighted by Gasteiger charge is -2.13. The first-order valence-corrected chi connectivity index (χ1v) is 21.9. The van der Waals surface area contributed by atoms with Crippen LogP contribution in [0.5, 0.6) is 0 Å². The number of hydrogen-bond acceptors (Lipinski definition) is 6. The van der Waals surface area contributed by atoms with E-state index in [1.807, 2.05) is 54.6 Å². The number of para-hydroxylation sites is 2. The van der Waals surface area contributed by atoms with Gasteiger partial charge in [0.25, 0.3) is 0 Å². The molecule has 8 aromatic carbocycles. The van der Waals surface area contributed by atoms with E-state index < -0.39 is 0 Å². The fourth-order valence-corrected chi connectivity index (χ4v) is 8.65. The molecule has 0 N–H and O–H groups in total. The molecule has 0 aliphatic heterocycles. The summed E-state index contributed by atoms with van der Waals surface area (Å²) in [4.78, 5) is 19.5. The third kappa shape index (κ3) is 7.42. The van der Waals surface area contributed by atoms with Crippen molar-refractivity contribution in [2.75, 3.05) is 0 Å². The van der Waals surface area contributed by atoms with Crippen LogP contribution in [0.3, 0.4) is 0 Å². The zero-order valence-corrected chi connectivity index (χ0v) is 35.5. The molecule has 0 aliphatic rings. The van der Waals surface area contributed by atoms with Crippen LogP contribution in [0, 0.1) is 0 Å². The minimum Gasteiger partial charge on any atom is -0.436 e. The van der Waals surface area contributed by atoms with Crippen LogP contribution in [0.4, 0.5) is 0 Å². The molecule has 0 saturated carbocycles. The average Bonchev–Trinajstić information content (AvgIpc) is 4.04. The van der Waals surface area contributed by atoms with E-state index in [0.29, 0.717) is 11.8 Å². The monoisotopic (exact) mass is 846 g/mol. The van der Waals surface area contributed by atoms with Crippen molar-refractivity contribution < 1.29 is 8.83 Å². The summed E-state index contributed by atoms with van der Waals surface area (Å²) in [6.07, 6.45) is 1.80. The third-order valence-electron chi connectivity index (χ3n) is 12.1. The lowest BCUT2D eigenvalue weighted by Crippen LogP contribution is -1.94. The van der Waals surface area contributed by atoms with Gasteiger partial charge in [0.2, 0.25) is 11.8 Å². The highest BCUT2D eigenvalue weighted by Gasteiger charge is 2.17. The number of oxazole rings is 2. The molecule has 4 aromatic heterocycles. The zero-order valence-electron chi connectivity index (χ0n) is 35.5. The van der Waals surface area contributed by atoms with Gasteiger partial charge >= 0.3 is 0 Å². The summed E-state index contributed by atoms with van der Waals surface area (Å²) >= 11 is 0. The lowest BCUT2D eigenvalue weighted by atomic mass is 9.94. The molecule has 0 atom stereocenters. The highest BCUT2D eigenvalue weighted by molar-refractivity contribution is 5.94. The van der Waals surface area contributed by atoms with E-state index in [9.17, 15) is 0 Å². The maximum atomic E-state index is 6.44. The summed E-state index contributed by atoms with van der Waals surface area (Å²) < 4.78 is 12.4. The quantitative estimate of drug-likeness (QED) is 0.144. The number of pyridine rings is 2. The molecule has 0 aliphatic carbocycles. The van der Waals surface area contributed by atoms with E-state index in [-0.39, 0.29) is 0 Å². The number of hydrogen-bond donors (Lipinski definition) is 0. The Morgan fingerprint density at radius 2 is 0.742 bits per heavy atom. The van der Waals surface area contributed by atoms with Crippen molar-refractivity contribution in [2.45, 2.75) is 0 Å². The Balaban J connectivity index is 0.825. The molecule has 310 valence electrons. The Bertz CT molecular complexity index is 3530. The maximum absolute atomic E-state index is 6.44. The molecular formula is C60H38N4O2. The van der Waals surface area contributed by atoms with Gasteiger partial charge in [0.1, 0.15) is 11.0 Å². The molecule has 0 fully saturated rings. The van der Waals surface area contributed by atoms with Gasteiger partial charge in [-0.05, 0) is 123 Å². The summed E-state index contributed by atoms with van der Waals surface area (Å²) in [7, 11) is 0. The SMILES string of the molecule is c1ccc(-c2cc3nc(-c4ccc(-c5ccc(-c6nc(-c7ccccn7)ccc6-c6ccc(-c7ccc(-c8nc9ccccc9o8)cc7)cc6)cc5)cc4)oc3cc2-c2ccccc2)cc1. The molecule has 0 unspecified atom stereocenters. The first-order valence-electron chi connectivity index (χ1n) is 21.9. The van der Waals surface area contributed by atoms with Crippen molar-refractivity contribution in [1.82, 2.24) is 19.9 Å². The fourth-order valence-electron chi connectivity index (χ4n) is 8.65. The molecule has 12 aromatic rings. The second-order valence-corrected chi connectivity index (χ2v) is 16.2. The predicted molar refractivity (Wildman–Crippen MR) is 266 cm³/mol. The Kier molecular flexibility index (Phi) is 9.73. The molecule has 66 heavy (non-hydrogen) atoms.